The maximum Gasteiger partial charge on any atom is 0.317 e. The second-order valence-electron chi connectivity index (χ2n) is 2.27. The highest BCUT2D eigenvalue weighted by Crippen LogP contribution is 2.29. The van der Waals surface area contributed by atoms with Gasteiger partial charge in [-0.15, -0.1) is 11.3 Å². The summed E-state index contributed by atoms with van der Waals surface area (Å²) in [6.07, 6.45) is 2.95. The van der Waals surface area contributed by atoms with Crippen LogP contribution in [0, 0.1) is 0 Å². The molecule has 0 aromatic carbocycles. The first-order chi connectivity index (χ1) is 6.27. The van der Waals surface area contributed by atoms with Gasteiger partial charge in [0.2, 0.25) is 5.88 Å². The van der Waals surface area contributed by atoms with E-state index in [1.54, 1.807) is 11.7 Å². The zero-order valence-electron chi connectivity index (χ0n) is 6.38. The Bertz CT molecular complexity index is 416. The molecule has 2 heterocycles. The van der Waals surface area contributed by atoms with Crippen molar-refractivity contribution in [1.82, 2.24) is 15.0 Å². The molecular weight excluding hydrogens is 190 g/mol. The molecule has 0 aliphatic heterocycles. The van der Waals surface area contributed by atoms with Crippen LogP contribution in [0.25, 0.3) is 10.4 Å². The van der Waals surface area contributed by atoms with E-state index < -0.39 is 6.01 Å². The lowest BCUT2D eigenvalue weighted by molar-refractivity contribution is 0.399. The molecule has 0 aliphatic carbocycles. The molecule has 66 valence electrons. The molecule has 0 saturated heterocycles. The van der Waals surface area contributed by atoms with E-state index in [1.165, 1.54) is 17.5 Å². The average molecular weight is 195 g/mol. The lowest BCUT2D eigenvalue weighted by Crippen LogP contribution is -1.83. The van der Waals surface area contributed by atoms with E-state index in [4.69, 9.17) is 5.11 Å². The lowest BCUT2D eigenvalue weighted by Gasteiger charge is -1.98. The molecule has 5 nitrogen and oxygen atoms in total. The van der Waals surface area contributed by atoms with Crippen LogP contribution in [0.4, 0.5) is 0 Å². The van der Waals surface area contributed by atoms with E-state index in [0.29, 0.717) is 5.56 Å². The molecule has 2 rings (SSSR count). The van der Waals surface area contributed by atoms with Gasteiger partial charge >= 0.3 is 6.01 Å². The highest BCUT2D eigenvalue weighted by Gasteiger charge is 2.08. The molecule has 0 aliphatic rings. The summed E-state index contributed by atoms with van der Waals surface area (Å²) in [6, 6.07) is -0.439. The Morgan fingerprint density at radius 2 is 2.08 bits per heavy atom. The highest BCUT2D eigenvalue weighted by molar-refractivity contribution is 7.13. The van der Waals surface area contributed by atoms with Crippen LogP contribution in [0.5, 0.6) is 11.9 Å². The number of hydrogen-bond donors (Lipinski definition) is 2. The summed E-state index contributed by atoms with van der Waals surface area (Å²) >= 11 is 1.36. The minimum absolute atomic E-state index is 0.239. The molecule has 0 unspecified atom stereocenters. The zero-order chi connectivity index (χ0) is 9.26. The molecule has 2 N–H and O–H groups in total. The Balaban J connectivity index is 2.53. The van der Waals surface area contributed by atoms with Gasteiger partial charge in [-0.25, -0.2) is 4.98 Å². The fourth-order valence-electron chi connectivity index (χ4n) is 0.886. The maximum absolute atomic E-state index is 9.33. The molecule has 2 aromatic heterocycles. The average Bonchev–Trinajstić information content (AvgIpc) is 2.56. The van der Waals surface area contributed by atoms with Crippen molar-refractivity contribution in [1.29, 1.82) is 0 Å². The van der Waals surface area contributed by atoms with Crippen LogP contribution in [0.1, 0.15) is 0 Å². The van der Waals surface area contributed by atoms with E-state index >= 15 is 0 Å². The first-order valence-corrected chi connectivity index (χ1v) is 4.29. The summed E-state index contributed by atoms with van der Waals surface area (Å²) in [7, 11) is 0. The van der Waals surface area contributed by atoms with E-state index in [2.05, 4.69) is 15.0 Å². The third-order valence-corrected chi connectivity index (χ3v) is 2.26. The molecule has 0 amide bonds. The molecule has 0 saturated carbocycles. The Morgan fingerprint density at radius 3 is 2.69 bits per heavy atom. The lowest BCUT2D eigenvalue weighted by atomic mass is 10.3. The van der Waals surface area contributed by atoms with Crippen molar-refractivity contribution >= 4 is 11.3 Å². The van der Waals surface area contributed by atoms with Gasteiger partial charge in [0.05, 0.1) is 16.0 Å². The maximum atomic E-state index is 9.33. The second-order valence-corrected chi connectivity index (χ2v) is 3.16. The second kappa shape index (κ2) is 2.98. The van der Waals surface area contributed by atoms with Gasteiger partial charge < -0.3 is 10.2 Å². The molecule has 2 aromatic rings. The zero-order valence-corrected chi connectivity index (χ0v) is 7.19. The number of hydrogen-bond acceptors (Lipinski definition) is 6. The molecule has 0 atom stereocenters. The predicted molar refractivity (Wildman–Crippen MR) is 46.5 cm³/mol. The quantitative estimate of drug-likeness (QED) is 0.710. The normalized spacial score (nSPS) is 10.2. The first kappa shape index (κ1) is 7.93. The smallest absolute Gasteiger partial charge is 0.317 e. The molecule has 0 fully saturated rings. The first-order valence-electron chi connectivity index (χ1n) is 3.41. The van der Waals surface area contributed by atoms with Crippen molar-refractivity contribution in [2.45, 2.75) is 0 Å². The van der Waals surface area contributed by atoms with Gasteiger partial charge in [0.25, 0.3) is 0 Å². The third kappa shape index (κ3) is 1.43. The topological polar surface area (TPSA) is 79.1 Å². The third-order valence-electron chi connectivity index (χ3n) is 1.45. The number of rotatable bonds is 1. The van der Waals surface area contributed by atoms with Crippen LogP contribution in [0.3, 0.4) is 0 Å². The fourth-order valence-corrected chi connectivity index (χ4v) is 1.51. The van der Waals surface area contributed by atoms with Crippen molar-refractivity contribution in [2.24, 2.45) is 0 Å². The van der Waals surface area contributed by atoms with Crippen LogP contribution in [0.2, 0.25) is 0 Å². The van der Waals surface area contributed by atoms with Crippen LogP contribution in [-0.4, -0.2) is 25.2 Å². The van der Waals surface area contributed by atoms with E-state index in [9.17, 15) is 5.11 Å². The highest BCUT2D eigenvalue weighted by atomic mass is 32.1. The van der Waals surface area contributed by atoms with Gasteiger partial charge in [0.1, 0.15) is 0 Å². The molecule has 0 bridgehead atoms. The molecule has 0 spiro atoms. The number of aromatic hydroxyl groups is 2. The molecular formula is C7H5N3O2S. The van der Waals surface area contributed by atoms with Crippen molar-refractivity contribution in [3.05, 3.63) is 17.9 Å². The summed E-state index contributed by atoms with van der Waals surface area (Å²) in [5, 5.41) is 18.2. The summed E-state index contributed by atoms with van der Waals surface area (Å²) < 4.78 is 0. The Hall–Kier alpha value is -1.69. The summed E-state index contributed by atoms with van der Waals surface area (Å²) in [6.45, 7) is 0. The van der Waals surface area contributed by atoms with Crippen molar-refractivity contribution < 1.29 is 10.2 Å². The van der Waals surface area contributed by atoms with Gasteiger partial charge in [-0.1, -0.05) is 0 Å². The minimum Gasteiger partial charge on any atom is -0.493 e. The van der Waals surface area contributed by atoms with Gasteiger partial charge in [0.15, 0.2) is 0 Å². The summed E-state index contributed by atoms with van der Waals surface area (Å²) in [5.41, 5.74) is 2.11. The van der Waals surface area contributed by atoms with E-state index in [-0.39, 0.29) is 5.88 Å². The number of nitrogens with zero attached hydrogens (tertiary/aromatic N) is 3. The predicted octanol–water partition coefficient (Wildman–Crippen LogP) is 1.01. The summed E-state index contributed by atoms with van der Waals surface area (Å²) in [4.78, 5) is 11.6. The van der Waals surface area contributed by atoms with Crippen molar-refractivity contribution in [3.8, 4) is 22.3 Å². The van der Waals surface area contributed by atoms with Crippen molar-refractivity contribution in [2.75, 3.05) is 0 Å². The summed E-state index contributed by atoms with van der Waals surface area (Å²) in [5.74, 6) is -0.239. The van der Waals surface area contributed by atoms with Crippen molar-refractivity contribution in [3.63, 3.8) is 0 Å². The number of aromatic nitrogens is 3. The van der Waals surface area contributed by atoms with Crippen LogP contribution < -0.4 is 0 Å². The van der Waals surface area contributed by atoms with Gasteiger partial charge in [-0.3, -0.25) is 4.98 Å². The van der Waals surface area contributed by atoms with E-state index in [1.807, 2.05) is 0 Å². The molecule has 13 heavy (non-hydrogen) atoms. The van der Waals surface area contributed by atoms with Crippen LogP contribution >= 0.6 is 11.3 Å². The van der Waals surface area contributed by atoms with Gasteiger partial charge in [-0.05, 0) is 0 Å². The van der Waals surface area contributed by atoms with E-state index in [0.717, 1.165) is 4.88 Å². The standard InChI is InChI=1S/C7H5N3O2S/c11-6-4(1-9-7(12)10-6)5-2-8-3-13-5/h1-3H,(H2,9,10,11,12). The monoisotopic (exact) mass is 195 g/mol. The Kier molecular flexibility index (Phi) is 1.82. The van der Waals surface area contributed by atoms with Crippen LogP contribution in [0.15, 0.2) is 17.9 Å². The SMILES string of the molecule is Oc1ncc(-c2cncs2)c(O)n1. The Labute approximate surface area is 77.4 Å². The van der Waals surface area contributed by atoms with Gasteiger partial charge in [0, 0.05) is 12.4 Å². The van der Waals surface area contributed by atoms with Crippen LogP contribution in [-0.2, 0) is 0 Å². The molecule has 6 heteroatoms. The number of thiazole rings is 1. The molecule has 0 radical (unpaired) electrons. The largest absolute Gasteiger partial charge is 0.493 e. The van der Waals surface area contributed by atoms with Gasteiger partial charge in [-0.2, -0.15) is 4.98 Å². The minimum atomic E-state index is -0.439. The fraction of sp³-hybridized carbons (Fsp3) is 0. The Morgan fingerprint density at radius 1 is 1.23 bits per heavy atom.